The lowest BCUT2D eigenvalue weighted by Crippen LogP contribution is -2.34. The molecule has 0 fully saturated rings. The van der Waals surface area contributed by atoms with Crippen LogP contribution in [0.4, 0.5) is 0 Å². The average Bonchev–Trinajstić information content (AvgIpc) is 3.01. The Bertz CT molecular complexity index is 1320. The lowest BCUT2D eigenvalue weighted by molar-refractivity contribution is -0.137. The second kappa shape index (κ2) is 11.9. The van der Waals surface area contributed by atoms with Gasteiger partial charge in [0.1, 0.15) is 28.6 Å². The number of nitrogens with zero attached hydrogens (tertiary/aromatic N) is 2. The molecule has 3 aromatic carbocycles. The molecule has 0 aromatic heterocycles. The van der Waals surface area contributed by atoms with E-state index in [-0.39, 0.29) is 25.7 Å². The summed E-state index contributed by atoms with van der Waals surface area (Å²) in [4.78, 5) is 12.2. The molecular formula is C29H32N2O6S. The first-order valence-corrected chi connectivity index (χ1v) is 13.9. The Kier molecular flexibility index (Phi) is 8.59. The van der Waals surface area contributed by atoms with Gasteiger partial charge in [0.2, 0.25) is 0 Å². The van der Waals surface area contributed by atoms with Crippen molar-refractivity contribution in [3.05, 3.63) is 89.0 Å². The Labute approximate surface area is 224 Å². The van der Waals surface area contributed by atoms with Gasteiger partial charge in [-0.25, -0.2) is 0 Å². The minimum Gasteiger partial charge on any atom is -0.487 e. The second-order valence-corrected chi connectivity index (χ2v) is 11.3. The zero-order valence-electron chi connectivity index (χ0n) is 21.4. The number of benzene rings is 3. The van der Waals surface area contributed by atoms with Gasteiger partial charge in [-0.3, -0.25) is 13.9 Å². The Morgan fingerprint density at radius 2 is 1.87 bits per heavy atom. The molecule has 9 heteroatoms. The number of carbonyl (C=O) groups is 1. The standard InChI is InChI=1S/C29H32N2O6S/c1-3-24-19-31(38(34,35)28-7-5-4-6-27(28)37-24)18-23-16-22(9-8-20(23)2)26(17-29(32)33)21-10-12-25(13-11-21)36-15-14-30/h4-13,16,24,26,34-35H,3,15,17-19H2,1-2H3,(H,32,33). The third-order valence-electron chi connectivity index (χ3n) is 6.75. The molecule has 3 N–H and O–H groups in total. The predicted octanol–water partition coefficient (Wildman–Crippen LogP) is 6.20. The zero-order chi connectivity index (χ0) is 27.3. The topological polar surface area (TPSA) is 123 Å². The Hall–Kier alpha value is -3.55. The van der Waals surface area contributed by atoms with E-state index in [1.807, 2.05) is 56.3 Å². The molecule has 2 unspecified atom stereocenters. The maximum atomic E-state index is 11.8. The van der Waals surface area contributed by atoms with E-state index in [1.165, 1.54) is 0 Å². The van der Waals surface area contributed by atoms with Crippen LogP contribution in [0.25, 0.3) is 0 Å². The predicted molar refractivity (Wildman–Crippen MR) is 145 cm³/mol. The Morgan fingerprint density at radius 1 is 1.16 bits per heavy atom. The van der Waals surface area contributed by atoms with Gasteiger partial charge in [-0.15, -0.1) is 10.8 Å². The number of aliphatic carboxylic acids is 1. The minimum absolute atomic E-state index is 0.0662. The van der Waals surface area contributed by atoms with Crippen LogP contribution >= 0.6 is 10.8 Å². The lowest BCUT2D eigenvalue weighted by atomic mass is 9.87. The highest BCUT2D eigenvalue weighted by Crippen LogP contribution is 2.57. The van der Waals surface area contributed by atoms with Gasteiger partial charge in [-0.05, 0) is 59.9 Å². The number of rotatable bonds is 9. The van der Waals surface area contributed by atoms with Gasteiger partial charge in [0, 0.05) is 12.5 Å². The maximum absolute atomic E-state index is 11.8. The van der Waals surface area contributed by atoms with Crippen molar-refractivity contribution in [1.29, 1.82) is 5.26 Å². The summed E-state index contributed by atoms with van der Waals surface area (Å²) < 4.78 is 35.8. The summed E-state index contributed by atoms with van der Waals surface area (Å²) in [6.07, 6.45) is 0.377. The van der Waals surface area contributed by atoms with Gasteiger partial charge in [-0.2, -0.15) is 9.57 Å². The van der Waals surface area contributed by atoms with Gasteiger partial charge in [0.15, 0.2) is 6.61 Å². The van der Waals surface area contributed by atoms with E-state index in [4.69, 9.17) is 14.7 Å². The summed E-state index contributed by atoms with van der Waals surface area (Å²) >= 11 is 0. The van der Waals surface area contributed by atoms with Crippen LogP contribution in [-0.4, -0.2) is 43.7 Å². The van der Waals surface area contributed by atoms with Gasteiger partial charge >= 0.3 is 5.97 Å². The lowest BCUT2D eigenvalue weighted by Gasteiger charge is -2.42. The summed E-state index contributed by atoms with van der Waals surface area (Å²) in [7, 11) is -3.32. The van der Waals surface area contributed by atoms with Crippen LogP contribution in [-0.2, 0) is 11.3 Å². The molecule has 0 aliphatic carbocycles. The van der Waals surface area contributed by atoms with Crippen LogP contribution in [0.2, 0.25) is 0 Å². The number of fused-ring (bicyclic) bond motifs is 1. The van der Waals surface area contributed by atoms with Gasteiger partial charge in [-0.1, -0.05) is 49.4 Å². The number of hydrogen-bond acceptors (Lipinski definition) is 7. The molecular weight excluding hydrogens is 504 g/mol. The van der Waals surface area contributed by atoms with E-state index >= 15 is 0 Å². The number of carboxylic acids is 1. The van der Waals surface area contributed by atoms with Crippen LogP contribution < -0.4 is 9.47 Å². The first-order chi connectivity index (χ1) is 18.2. The highest BCUT2D eigenvalue weighted by atomic mass is 32.3. The largest absolute Gasteiger partial charge is 0.487 e. The number of para-hydroxylation sites is 1. The fourth-order valence-corrected chi connectivity index (χ4v) is 6.23. The molecule has 38 heavy (non-hydrogen) atoms. The molecule has 2 atom stereocenters. The first-order valence-electron chi connectivity index (χ1n) is 12.4. The van der Waals surface area contributed by atoms with Gasteiger partial charge in [0.05, 0.1) is 13.0 Å². The molecule has 4 rings (SSSR count). The van der Waals surface area contributed by atoms with Crippen molar-refractivity contribution < 1.29 is 28.5 Å². The number of aryl methyl sites for hydroxylation is 1. The van der Waals surface area contributed by atoms with Gasteiger partial charge < -0.3 is 14.6 Å². The van der Waals surface area contributed by atoms with E-state index in [0.29, 0.717) is 29.4 Å². The molecule has 8 nitrogen and oxygen atoms in total. The quantitative estimate of drug-likeness (QED) is 0.295. The van der Waals surface area contributed by atoms with Crippen LogP contribution in [0.3, 0.4) is 0 Å². The van der Waals surface area contributed by atoms with E-state index < -0.39 is 22.7 Å². The molecule has 0 radical (unpaired) electrons. The molecule has 1 heterocycles. The fourth-order valence-electron chi connectivity index (χ4n) is 4.61. The molecule has 0 bridgehead atoms. The number of carboxylic acid groups (broad SMARTS) is 1. The smallest absolute Gasteiger partial charge is 0.304 e. The van der Waals surface area contributed by atoms with Crippen LogP contribution in [0.15, 0.2) is 71.6 Å². The molecule has 0 spiro atoms. The summed E-state index contributed by atoms with van der Waals surface area (Å²) in [5.74, 6) is -0.332. The summed E-state index contributed by atoms with van der Waals surface area (Å²) in [5.41, 5.74) is 3.46. The monoisotopic (exact) mass is 536 g/mol. The van der Waals surface area contributed by atoms with E-state index in [9.17, 15) is 19.0 Å². The third kappa shape index (κ3) is 6.11. The highest BCUT2D eigenvalue weighted by molar-refractivity contribution is 8.22. The SMILES string of the molecule is CCC1CN(Cc2cc(C(CC(=O)O)c3ccc(OCC#N)cc3)ccc2C)S(O)(O)c2ccccc2O1. The summed E-state index contributed by atoms with van der Waals surface area (Å²) in [5, 5.41) is 18.4. The van der Waals surface area contributed by atoms with Crippen molar-refractivity contribution >= 4 is 16.7 Å². The van der Waals surface area contributed by atoms with Crippen molar-refractivity contribution in [1.82, 2.24) is 4.31 Å². The molecule has 200 valence electrons. The van der Waals surface area contributed by atoms with Crippen molar-refractivity contribution in [3.63, 3.8) is 0 Å². The van der Waals surface area contributed by atoms with Crippen molar-refractivity contribution in [2.24, 2.45) is 0 Å². The second-order valence-electron chi connectivity index (χ2n) is 9.29. The number of hydrogen-bond donors (Lipinski definition) is 3. The Balaban J connectivity index is 1.67. The molecule has 0 saturated carbocycles. The van der Waals surface area contributed by atoms with E-state index in [1.54, 1.807) is 34.6 Å². The van der Waals surface area contributed by atoms with E-state index in [0.717, 1.165) is 22.3 Å². The number of nitriles is 1. The normalized spacial score (nSPS) is 18.2. The molecule has 1 aliphatic rings. The van der Waals surface area contributed by atoms with Crippen molar-refractivity contribution in [3.8, 4) is 17.6 Å². The van der Waals surface area contributed by atoms with Crippen LogP contribution in [0, 0.1) is 18.3 Å². The van der Waals surface area contributed by atoms with Crippen molar-refractivity contribution in [2.75, 3.05) is 13.2 Å². The van der Waals surface area contributed by atoms with E-state index in [2.05, 4.69) is 0 Å². The number of ether oxygens (including phenoxy) is 2. The summed E-state index contributed by atoms with van der Waals surface area (Å²) in [6, 6.07) is 21.8. The molecule has 0 saturated heterocycles. The average molecular weight is 537 g/mol. The molecule has 1 aliphatic heterocycles. The highest BCUT2D eigenvalue weighted by Gasteiger charge is 2.35. The van der Waals surface area contributed by atoms with Gasteiger partial charge in [0.25, 0.3) is 0 Å². The maximum Gasteiger partial charge on any atom is 0.304 e. The zero-order valence-corrected chi connectivity index (χ0v) is 22.2. The summed E-state index contributed by atoms with van der Waals surface area (Å²) in [6.45, 7) is 4.49. The molecule has 3 aromatic rings. The Morgan fingerprint density at radius 3 is 2.55 bits per heavy atom. The first kappa shape index (κ1) is 27.5. The minimum atomic E-state index is -3.32. The van der Waals surface area contributed by atoms with Crippen molar-refractivity contribution in [2.45, 2.75) is 50.2 Å². The van der Waals surface area contributed by atoms with Crippen LogP contribution in [0.5, 0.6) is 11.5 Å². The fraction of sp³-hybridized carbons (Fsp3) is 0.310. The third-order valence-corrected chi connectivity index (χ3v) is 8.67. The molecule has 0 amide bonds. The van der Waals surface area contributed by atoms with Crippen LogP contribution in [0.1, 0.15) is 47.9 Å².